The lowest BCUT2D eigenvalue weighted by Gasteiger charge is -1.99. The Hall–Kier alpha value is -1.80. The second-order valence-corrected chi connectivity index (χ2v) is 4.45. The molecule has 0 fully saturated rings. The van der Waals surface area contributed by atoms with E-state index < -0.39 is 5.97 Å². The zero-order valence-corrected chi connectivity index (χ0v) is 11.4. The molecule has 0 heterocycles. The summed E-state index contributed by atoms with van der Waals surface area (Å²) in [5.41, 5.74) is 0.630. The number of amides is 1. The summed E-state index contributed by atoms with van der Waals surface area (Å²) in [4.78, 5) is 21.6. The van der Waals surface area contributed by atoms with Crippen molar-refractivity contribution in [3.05, 3.63) is 33.8 Å². The number of carboxylic acids is 1. The summed E-state index contributed by atoms with van der Waals surface area (Å²) in [6.07, 6.45) is 0.481. The van der Waals surface area contributed by atoms with E-state index in [1.807, 2.05) is 0 Å². The first-order chi connectivity index (χ1) is 8.50. The van der Waals surface area contributed by atoms with Crippen molar-refractivity contribution in [2.75, 3.05) is 6.54 Å². The molecule has 0 aliphatic rings. The SMILES string of the molecule is CC(=O)NCCC#Cc1ccc(Br)cc1C(=O)O. The molecule has 1 aromatic carbocycles. The van der Waals surface area contributed by atoms with Crippen molar-refractivity contribution in [2.24, 2.45) is 0 Å². The number of hydrogen-bond donors (Lipinski definition) is 2. The van der Waals surface area contributed by atoms with E-state index in [9.17, 15) is 9.59 Å². The summed E-state index contributed by atoms with van der Waals surface area (Å²) in [5, 5.41) is 11.6. The number of carboxylic acid groups (broad SMARTS) is 1. The number of halogens is 1. The number of benzene rings is 1. The molecule has 0 aliphatic heterocycles. The number of carbonyl (C=O) groups is 2. The summed E-state index contributed by atoms with van der Waals surface area (Å²) in [6, 6.07) is 4.91. The smallest absolute Gasteiger partial charge is 0.337 e. The third-order valence-corrected chi connectivity index (χ3v) is 2.55. The Labute approximate surface area is 114 Å². The van der Waals surface area contributed by atoms with Crippen LogP contribution < -0.4 is 5.32 Å². The van der Waals surface area contributed by atoms with E-state index in [4.69, 9.17) is 5.11 Å². The zero-order valence-electron chi connectivity index (χ0n) is 9.79. The van der Waals surface area contributed by atoms with Crippen LogP contribution in [-0.2, 0) is 4.79 Å². The number of nitrogens with one attached hydrogen (secondary N) is 1. The Morgan fingerprint density at radius 2 is 2.17 bits per heavy atom. The van der Waals surface area contributed by atoms with Gasteiger partial charge in [-0.2, -0.15) is 0 Å². The Morgan fingerprint density at radius 3 is 2.78 bits per heavy atom. The maximum atomic E-state index is 11.0. The van der Waals surface area contributed by atoms with E-state index in [1.54, 1.807) is 12.1 Å². The Bertz CT molecular complexity index is 529. The number of carbonyl (C=O) groups excluding carboxylic acids is 1. The third kappa shape index (κ3) is 4.60. The molecule has 0 radical (unpaired) electrons. The first-order valence-corrected chi connectivity index (χ1v) is 6.06. The normalized spacial score (nSPS) is 9.22. The molecule has 1 rings (SSSR count). The lowest BCUT2D eigenvalue weighted by molar-refractivity contribution is -0.118. The second kappa shape index (κ2) is 6.82. The predicted octanol–water partition coefficient (Wildman–Crippen LogP) is 2.02. The fourth-order valence-corrected chi connectivity index (χ4v) is 1.62. The summed E-state index contributed by atoms with van der Waals surface area (Å²) in [5.74, 6) is 4.50. The summed E-state index contributed by atoms with van der Waals surface area (Å²) in [6.45, 7) is 1.89. The van der Waals surface area contributed by atoms with Gasteiger partial charge >= 0.3 is 5.97 Å². The van der Waals surface area contributed by atoms with Gasteiger partial charge in [0, 0.05) is 29.9 Å². The van der Waals surface area contributed by atoms with Crippen LogP contribution in [0.25, 0.3) is 0 Å². The predicted molar refractivity (Wildman–Crippen MR) is 71.3 cm³/mol. The maximum Gasteiger partial charge on any atom is 0.337 e. The topological polar surface area (TPSA) is 66.4 Å². The van der Waals surface area contributed by atoms with E-state index in [2.05, 4.69) is 33.1 Å². The van der Waals surface area contributed by atoms with Crippen molar-refractivity contribution < 1.29 is 14.7 Å². The van der Waals surface area contributed by atoms with Gasteiger partial charge in [-0.25, -0.2) is 4.79 Å². The fraction of sp³-hybridized carbons (Fsp3) is 0.231. The van der Waals surface area contributed by atoms with Gasteiger partial charge in [0.25, 0.3) is 0 Å². The first kappa shape index (κ1) is 14.3. The van der Waals surface area contributed by atoms with E-state index in [-0.39, 0.29) is 11.5 Å². The molecule has 4 nitrogen and oxygen atoms in total. The summed E-state index contributed by atoms with van der Waals surface area (Å²) >= 11 is 3.21. The molecule has 0 atom stereocenters. The van der Waals surface area contributed by atoms with Gasteiger partial charge in [-0.15, -0.1) is 0 Å². The van der Waals surface area contributed by atoms with Gasteiger partial charge in [-0.05, 0) is 18.2 Å². The average molecular weight is 310 g/mol. The van der Waals surface area contributed by atoms with E-state index >= 15 is 0 Å². The van der Waals surface area contributed by atoms with Gasteiger partial charge in [0.05, 0.1) is 5.56 Å². The largest absolute Gasteiger partial charge is 0.478 e. The van der Waals surface area contributed by atoms with Crippen molar-refractivity contribution >= 4 is 27.8 Å². The summed E-state index contributed by atoms with van der Waals surface area (Å²) in [7, 11) is 0. The van der Waals surface area contributed by atoms with Crippen LogP contribution >= 0.6 is 15.9 Å². The molecule has 0 saturated heterocycles. The molecule has 18 heavy (non-hydrogen) atoms. The molecule has 0 spiro atoms. The van der Waals surface area contributed by atoms with E-state index in [1.165, 1.54) is 13.0 Å². The molecule has 5 heteroatoms. The molecule has 0 bridgehead atoms. The van der Waals surface area contributed by atoms with Crippen molar-refractivity contribution in [3.63, 3.8) is 0 Å². The van der Waals surface area contributed by atoms with Crippen molar-refractivity contribution in [1.29, 1.82) is 0 Å². The van der Waals surface area contributed by atoms with Gasteiger partial charge < -0.3 is 10.4 Å². The first-order valence-electron chi connectivity index (χ1n) is 5.27. The zero-order chi connectivity index (χ0) is 13.5. The lowest BCUT2D eigenvalue weighted by atomic mass is 10.1. The van der Waals surface area contributed by atoms with Gasteiger partial charge in [0.15, 0.2) is 0 Å². The van der Waals surface area contributed by atoms with E-state index in [0.29, 0.717) is 23.0 Å². The molecule has 0 unspecified atom stereocenters. The number of rotatable bonds is 3. The highest BCUT2D eigenvalue weighted by Gasteiger charge is 2.08. The Morgan fingerprint density at radius 1 is 1.44 bits per heavy atom. The van der Waals surface area contributed by atoms with Crippen LogP contribution in [0, 0.1) is 11.8 Å². The highest BCUT2D eigenvalue weighted by Crippen LogP contribution is 2.16. The molecular weight excluding hydrogens is 298 g/mol. The lowest BCUT2D eigenvalue weighted by Crippen LogP contribution is -2.20. The molecule has 2 N–H and O–H groups in total. The molecule has 0 aromatic heterocycles. The van der Waals surface area contributed by atoms with Crippen molar-refractivity contribution in [2.45, 2.75) is 13.3 Å². The molecular formula is C13H12BrNO3. The van der Waals surface area contributed by atoms with Gasteiger partial charge in [-0.3, -0.25) is 4.79 Å². The minimum Gasteiger partial charge on any atom is -0.478 e. The highest BCUT2D eigenvalue weighted by atomic mass is 79.9. The number of aromatic carboxylic acids is 1. The van der Waals surface area contributed by atoms with Gasteiger partial charge in [0.1, 0.15) is 0 Å². The monoisotopic (exact) mass is 309 g/mol. The van der Waals surface area contributed by atoms with Crippen molar-refractivity contribution in [1.82, 2.24) is 5.32 Å². The van der Waals surface area contributed by atoms with Gasteiger partial charge in [0.2, 0.25) is 5.91 Å². The standard InChI is InChI=1S/C13H12BrNO3/c1-9(16)15-7-3-2-4-10-5-6-11(14)8-12(10)13(17)18/h5-6,8H,3,7H2,1H3,(H,15,16)(H,17,18). The van der Waals surface area contributed by atoms with Crippen LogP contribution in [0.4, 0.5) is 0 Å². The average Bonchev–Trinajstić information content (AvgIpc) is 2.29. The van der Waals surface area contributed by atoms with E-state index in [0.717, 1.165) is 0 Å². The molecule has 94 valence electrons. The Balaban J connectivity index is 2.75. The van der Waals surface area contributed by atoms with Crippen LogP contribution in [-0.4, -0.2) is 23.5 Å². The quantitative estimate of drug-likeness (QED) is 0.663. The minimum atomic E-state index is -1.01. The van der Waals surface area contributed by atoms with Crippen LogP contribution in [0.15, 0.2) is 22.7 Å². The van der Waals surface area contributed by atoms with Crippen LogP contribution in [0.1, 0.15) is 29.3 Å². The third-order valence-electron chi connectivity index (χ3n) is 2.06. The summed E-state index contributed by atoms with van der Waals surface area (Å²) < 4.78 is 0.698. The second-order valence-electron chi connectivity index (χ2n) is 3.53. The van der Waals surface area contributed by atoms with Crippen LogP contribution in [0.2, 0.25) is 0 Å². The molecule has 0 aliphatic carbocycles. The Kier molecular flexibility index (Phi) is 5.40. The van der Waals surface area contributed by atoms with Crippen LogP contribution in [0.3, 0.4) is 0 Å². The van der Waals surface area contributed by atoms with Crippen molar-refractivity contribution in [3.8, 4) is 11.8 Å². The number of hydrogen-bond acceptors (Lipinski definition) is 2. The highest BCUT2D eigenvalue weighted by molar-refractivity contribution is 9.10. The molecule has 1 aromatic rings. The molecule has 1 amide bonds. The van der Waals surface area contributed by atoms with Gasteiger partial charge in [-0.1, -0.05) is 27.8 Å². The maximum absolute atomic E-state index is 11.0. The fourth-order valence-electron chi connectivity index (χ4n) is 1.26. The molecule has 0 saturated carbocycles. The minimum absolute atomic E-state index is 0.105. The van der Waals surface area contributed by atoms with Crippen LogP contribution in [0.5, 0.6) is 0 Å².